The topological polar surface area (TPSA) is 32.8 Å². The van der Waals surface area contributed by atoms with Crippen molar-refractivity contribution in [2.45, 2.75) is 25.7 Å². The highest BCUT2D eigenvalue weighted by molar-refractivity contribution is 5.73. The lowest BCUT2D eigenvalue weighted by atomic mass is 9.86. The maximum absolute atomic E-state index is 11.6. The van der Waals surface area contributed by atoms with Crippen molar-refractivity contribution in [1.29, 1.82) is 0 Å². The smallest absolute Gasteiger partial charge is 0.308 e. The van der Waals surface area contributed by atoms with Crippen molar-refractivity contribution in [3.63, 3.8) is 0 Å². The molecular weight excluding hydrogens is 240 g/mol. The van der Waals surface area contributed by atoms with Crippen molar-refractivity contribution in [2.24, 2.45) is 17.8 Å². The van der Waals surface area contributed by atoms with E-state index in [0.29, 0.717) is 6.61 Å². The van der Waals surface area contributed by atoms with Crippen LogP contribution in [0.4, 0.5) is 0 Å². The van der Waals surface area contributed by atoms with Crippen LogP contribution in [0.1, 0.15) is 25.7 Å². The fourth-order valence-electron chi connectivity index (χ4n) is 3.73. The number of fused-ring (bicyclic) bond motifs is 1. The van der Waals surface area contributed by atoms with Crippen LogP contribution in [-0.4, -0.2) is 62.1 Å². The van der Waals surface area contributed by atoms with Crippen molar-refractivity contribution in [3.05, 3.63) is 0 Å². The molecule has 0 amide bonds. The minimum atomic E-state index is 0.0474. The predicted octanol–water partition coefficient (Wildman–Crippen LogP) is 1.21. The van der Waals surface area contributed by atoms with Gasteiger partial charge in [-0.15, -0.1) is 0 Å². The Kier molecular flexibility index (Phi) is 4.08. The van der Waals surface area contributed by atoms with Gasteiger partial charge in [0.25, 0.3) is 0 Å². The molecule has 3 rings (SSSR count). The Morgan fingerprint density at radius 3 is 2.42 bits per heavy atom. The zero-order valence-corrected chi connectivity index (χ0v) is 12.0. The van der Waals surface area contributed by atoms with Crippen molar-refractivity contribution in [3.8, 4) is 0 Å². The standard InChI is InChI=1S/C15H26N2O2/c1-16-8-13-10-17(11-14(13)9-16)6-3-7-19-15(18)12-4-2-5-12/h12-14H,2-11H2,1H3/t13-,14+. The van der Waals surface area contributed by atoms with Crippen LogP contribution in [0.25, 0.3) is 0 Å². The number of carbonyl (C=O) groups is 1. The van der Waals surface area contributed by atoms with E-state index in [4.69, 9.17) is 4.74 Å². The fraction of sp³-hybridized carbons (Fsp3) is 0.933. The van der Waals surface area contributed by atoms with E-state index in [1.54, 1.807) is 0 Å². The van der Waals surface area contributed by atoms with Gasteiger partial charge in [0.1, 0.15) is 0 Å². The lowest BCUT2D eigenvalue weighted by molar-refractivity contribution is -0.151. The second-order valence-electron chi connectivity index (χ2n) is 6.65. The Morgan fingerprint density at radius 1 is 1.16 bits per heavy atom. The van der Waals surface area contributed by atoms with Crippen LogP contribution < -0.4 is 0 Å². The third-order valence-corrected chi connectivity index (χ3v) is 5.05. The maximum atomic E-state index is 11.6. The molecule has 4 heteroatoms. The zero-order chi connectivity index (χ0) is 13.2. The average Bonchev–Trinajstić information content (AvgIpc) is 2.78. The molecule has 0 bridgehead atoms. The first-order valence-electron chi connectivity index (χ1n) is 7.80. The van der Waals surface area contributed by atoms with E-state index in [9.17, 15) is 4.79 Å². The number of carbonyl (C=O) groups excluding carboxylic acids is 1. The summed E-state index contributed by atoms with van der Waals surface area (Å²) >= 11 is 0. The van der Waals surface area contributed by atoms with Gasteiger partial charge in [-0.05, 0) is 38.1 Å². The molecule has 0 aromatic rings. The molecule has 3 fully saturated rings. The van der Waals surface area contributed by atoms with Gasteiger partial charge in [0, 0.05) is 32.7 Å². The summed E-state index contributed by atoms with van der Waals surface area (Å²) in [5.41, 5.74) is 0. The Bertz CT molecular complexity index is 316. The van der Waals surface area contributed by atoms with Crippen LogP contribution in [-0.2, 0) is 9.53 Å². The fourth-order valence-corrected chi connectivity index (χ4v) is 3.73. The van der Waals surface area contributed by atoms with E-state index in [2.05, 4.69) is 16.8 Å². The highest BCUT2D eigenvalue weighted by Gasteiger charge is 2.38. The van der Waals surface area contributed by atoms with Gasteiger partial charge in [0.15, 0.2) is 0 Å². The van der Waals surface area contributed by atoms with Gasteiger partial charge >= 0.3 is 5.97 Å². The molecule has 2 heterocycles. The molecule has 2 atom stereocenters. The quantitative estimate of drug-likeness (QED) is 0.553. The van der Waals surface area contributed by atoms with Gasteiger partial charge in [-0.2, -0.15) is 0 Å². The Morgan fingerprint density at radius 2 is 1.84 bits per heavy atom. The summed E-state index contributed by atoms with van der Waals surface area (Å²) in [6, 6.07) is 0. The average molecular weight is 266 g/mol. The van der Waals surface area contributed by atoms with Gasteiger partial charge in [-0.25, -0.2) is 0 Å². The van der Waals surface area contributed by atoms with Gasteiger partial charge in [0.2, 0.25) is 0 Å². The summed E-state index contributed by atoms with van der Waals surface area (Å²) < 4.78 is 5.34. The third-order valence-electron chi connectivity index (χ3n) is 5.05. The predicted molar refractivity (Wildman–Crippen MR) is 73.8 cm³/mol. The molecule has 0 aromatic heterocycles. The molecule has 0 radical (unpaired) electrons. The van der Waals surface area contributed by atoms with Gasteiger partial charge in [-0.1, -0.05) is 6.42 Å². The molecule has 0 unspecified atom stereocenters. The molecule has 108 valence electrons. The number of esters is 1. The van der Waals surface area contributed by atoms with Gasteiger partial charge < -0.3 is 14.5 Å². The monoisotopic (exact) mass is 266 g/mol. The van der Waals surface area contributed by atoms with E-state index >= 15 is 0 Å². The summed E-state index contributed by atoms with van der Waals surface area (Å²) in [7, 11) is 2.22. The minimum Gasteiger partial charge on any atom is -0.465 e. The molecule has 19 heavy (non-hydrogen) atoms. The lowest BCUT2D eigenvalue weighted by Crippen LogP contribution is -2.29. The first-order chi connectivity index (χ1) is 9.22. The van der Waals surface area contributed by atoms with Crippen LogP contribution in [0.2, 0.25) is 0 Å². The van der Waals surface area contributed by atoms with Crippen molar-refractivity contribution < 1.29 is 9.53 Å². The number of hydrogen-bond donors (Lipinski definition) is 0. The summed E-state index contributed by atoms with van der Waals surface area (Å²) in [5.74, 6) is 2.03. The van der Waals surface area contributed by atoms with E-state index in [1.165, 1.54) is 32.6 Å². The summed E-state index contributed by atoms with van der Waals surface area (Å²) in [4.78, 5) is 16.6. The van der Waals surface area contributed by atoms with Crippen molar-refractivity contribution in [2.75, 3.05) is 46.4 Å². The van der Waals surface area contributed by atoms with E-state index < -0.39 is 0 Å². The third kappa shape index (κ3) is 3.11. The molecule has 1 aliphatic carbocycles. The highest BCUT2D eigenvalue weighted by atomic mass is 16.5. The number of ether oxygens (including phenoxy) is 1. The first-order valence-corrected chi connectivity index (χ1v) is 7.80. The number of likely N-dealkylation sites (tertiary alicyclic amines) is 2. The zero-order valence-electron chi connectivity index (χ0n) is 12.0. The van der Waals surface area contributed by atoms with E-state index in [-0.39, 0.29) is 11.9 Å². The van der Waals surface area contributed by atoms with Crippen molar-refractivity contribution in [1.82, 2.24) is 9.80 Å². The molecule has 2 saturated heterocycles. The molecule has 0 aromatic carbocycles. The Labute approximate surface area is 116 Å². The Hall–Kier alpha value is -0.610. The van der Waals surface area contributed by atoms with Gasteiger partial charge in [0.05, 0.1) is 12.5 Å². The van der Waals surface area contributed by atoms with Crippen LogP contribution in [0.15, 0.2) is 0 Å². The normalized spacial score (nSPS) is 32.3. The number of nitrogens with zero attached hydrogens (tertiary/aromatic N) is 2. The maximum Gasteiger partial charge on any atom is 0.308 e. The SMILES string of the molecule is CN1C[C@@H]2CN(CCCOC(=O)C3CCC3)C[C@@H]2C1. The van der Waals surface area contributed by atoms with Crippen LogP contribution in [0, 0.1) is 17.8 Å². The van der Waals surface area contributed by atoms with Crippen LogP contribution >= 0.6 is 0 Å². The van der Waals surface area contributed by atoms with E-state index in [1.807, 2.05) is 0 Å². The van der Waals surface area contributed by atoms with Crippen LogP contribution in [0.5, 0.6) is 0 Å². The number of hydrogen-bond acceptors (Lipinski definition) is 4. The highest BCUT2D eigenvalue weighted by Crippen LogP contribution is 2.30. The lowest BCUT2D eigenvalue weighted by Gasteiger charge is -2.23. The van der Waals surface area contributed by atoms with Crippen molar-refractivity contribution >= 4 is 5.97 Å². The summed E-state index contributed by atoms with van der Waals surface area (Å²) in [6.45, 7) is 6.71. The largest absolute Gasteiger partial charge is 0.465 e. The van der Waals surface area contributed by atoms with E-state index in [0.717, 1.165) is 37.6 Å². The minimum absolute atomic E-state index is 0.0474. The molecule has 3 aliphatic rings. The molecular formula is C15H26N2O2. The summed E-state index contributed by atoms with van der Waals surface area (Å²) in [6.07, 6.45) is 4.28. The first kappa shape index (κ1) is 13.4. The molecule has 0 N–H and O–H groups in total. The number of rotatable bonds is 5. The van der Waals surface area contributed by atoms with Gasteiger partial charge in [-0.3, -0.25) is 4.79 Å². The van der Waals surface area contributed by atoms with Crippen LogP contribution in [0.3, 0.4) is 0 Å². The second-order valence-corrected chi connectivity index (χ2v) is 6.65. The molecule has 0 spiro atoms. The molecule has 4 nitrogen and oxygen atoms in total. The molecule has 1 saturated carbocycles. The Balaban J connectivity index is 1.28. The summed E-state index contributed by atoms with van der Waals surface area (Å²) in [5, 5.41) is 0. The molecule has 2 aliphatic heterocycles. The second kappa shape index (κ2) is 5.80.